The molecule has 0 spiro atoms. The number of aromatic nitrogens is 1. The molecule has 27 heavy (non-hydrogen) atoms. The molecule has 1 aliphatic heterocycles. The van der Waals surface area contributed by atoms with E-state index < -0.39 is 0 Å². The van der Waals surface area contributed by atoms with Gasteiger partial charge in [0.2, 0.25) is 0 Å². The number of nitrogens with two attached hydrogens (primary N) is 1. The number of hydrogen-bond acceptors (Lipinski definition) is 4. The van der Waals surface area contributed by atoms with Crippen LogP contribution in [0.2, 0.25) is 0 Å². The second kappa shape index (κ2) is 8.43. The van der Waals surface area contributed by atoms with Gasteiger partial charge in [-0.1, -0.05) is 55.1 Å². The minimum atomic E-state index is -0.0720. The Morgan fingerprint density at radius 2 is 1.67 bits per heavy atom. The first-order valence-corrected chi connectivity index (χ1v) is 8.93. The van der Waals surface area contributed by atoms with Gasteiger partial charge >= 0.3 is 0 Å². The normalized spacial score (nSPS) is 17.8. The second-order valence-corrected chi connectivity index (χ2v) is 6.18. The van der Waals surface area contributed by atoms with Gasteiger partial charge in [-0.15, -0.1) is 0 Å². The van der Waals surface area contributed by atoms with Crippen LogP contribution in [0, 0.1) is 5.41 Å². The quantitative estimate of drug-likeness (QED) is 0.641. The standard InChI is InChI=1S/C22H19N3.CH5N/c1-2-15-9-6-10-18-19(15)21(23)20(16-7-4-3-5-8-16)22(25-18)17-11-13-24-14-12-17;1-2/h2-14,20,22-23,25H,1H2;2H2,1H3. The molecule has 0 saturated carbocycles. The highest BCUT2D eigenvalue weighted by atomic mass is 15.0. The SMILES string of the molecule is C=Cc1cccc2c1C(=N)C(c1ccccc1)C(c1ccncc1)N2.CN. The monoisotopic (exact) mass is 356 g/mol. The maximum Gasteiger partial charge on any atom is 0.0639 e. The lowest BCUT2D eigenvalue weighted by molar-refractivity contribution is 0.704. The molecule has 2 aromatic carbocycles. The molecule has 0 aliphatic carbocycles. The highest BCUT2D eigenvalue weighted by molar-refractivity contribution is 6.11. The third-order valence-corrected chi connectivity index (χ3v) is 4.77. The highest BCUT2D eigenvalue weighted by Gasteiger charge is 2.35. The van der Waals surface area contributed by atoms with E-state index in [1.165, 1.54) is 7.05 Å². The van der Waals surface area contributed by atoms with Crippen molar-refractivity contribution in [1.29, 1.82) is 5.41 Å². The maximum absolute atomic E-state index is 8.99. The summed E-state index contributed by atoms with van der Waals surface area (Å²) in [6.07, 6.45) is 5.43. The van der Waals surface area contributed by atoms with E-state index in [0.29, 0.717) is 5.71 Å². The van der Waals surface area contributed by atoms with Gasteiger partial charge in [0, 0.05) is 23.6 Å². The van der Waals surface area contributed by atoms with Gasteiger partial charge in [0.05, 0.1) is 17.7 Å². The average molecular weight is 356 g/mol. The first-order valence-electron chi connectivity index (χ1n) is 8.93. The van der Waals surface area contributed by atoms with Crippen LogP contribution >= 0.6 is 0 Å². The van der Waals surface area contributed by atoms with Gasteiger partial charge in [-0.25, -0.2) is 0 Å². The topological polar surface area (TPSA) is 74.8 Å². The molecule has 3 aromatic rings. The summed E-state index contributed by atoms with van der Waals surface area (Å²) in [5, 5.41) is 12.6. The van der Waals surface area contributed by atoms with E-state index in [0.717, 1.165) is 27.9 Å². The smallest absolute Gasteiger partial charge is 0.0639 e. The Balaban J connectivity index is 0.00000102. The van der Waals surface area contributed by atoms with Gasteiger partial charge in [0.15, 0.2) is 0 Å². The Hall–Kier alpha value is -3.24. The molecule has 136 valence electrons. The molecule has 4 N–H and O–H groups in total. The molecule has 0 bridgehead atoms. The number of benzene rings is 2. The summed E-state index contributed by atoms with van der Waals surface area (Å²) in [4.78, 5) is 4.13. The van der Waals surface area contributed by atoms with Gasteiger partial charge < -0.3 is 16.5 Å². The van der Waals surface area contributed by atoms with Crippen LogP contribution in [0.5, 0.6) is 0 Å². The molecule has 2 atom stereocenters. The summed E-state index contributed by atoms with van der Waals surface area (Å²) in [6, 6.07) is 20.3. The zero-order chi connectivity index (χ0) is 19.2. The van der Waals surface area contributed by atoms with E-state index in [1.807, 2.05) is 54.6 Å². The van der Waals surface area contributed by atoms with E-state index in [1.54, 1.807) is 12.4 Å². The molecule has 0 saturated heterocycles. The fourth-order valence-electron chi connectivity index (χ4n) is 3.60. The fourth-order valence-corrected chi connectivity index (χ4v) is 3.60. The third kappa shape index (κ3) is 3.52. The van der Waals surface area contributed by atoms with Crippen LogP contribution in [0.25, 0.3) is 6.08 Å². The number of anilines is 1. The minimum Gasteiger partial charge on any atom is -0.377 e. The molecule has 4 heteroatoms. The van der Waals surface area contributed by atoms with E-state index >= 15 is 0 Å². The summed E-state index contributed by atoms with van der Waals surface area (Å²) in [5.41, 5.74) is 10.3. The summed E-state index contributed by atoms with van der Waals surface area (Å²) < 4.78 is 0. The number of pyridine rings is 1. The van der Waals surface area contributed by atoms with Crippen LogP contribution in [0.3, 0.4) is 0 Å². The van der Waals surface area contributed by atoms with Gasteiger partial charge in [-0.3, -0.25) is 4.98 Å². The molecule has 2 heterocycles. The molecule has 1 aliphatic rings. The number of rotatable bonds is 3. The number of nitrogens with one attached hydrogen (secondary N) is 2. The summed E-state index contributed by atoms with van der Waals surface area (Å²) >= 11 is 0. The predicted octanol–water partition coefficient (Wildman–Crippen LogP) is 4.62. The second-order valence-electron chi connectivity index (χ2n) is 6.18. The first-order chi connectivity index (χ1) is 13.3. The number of hydrogen-bond donors (Lipinski definition) is 3. The molecular formula is C23H24N4. The van der Waals surface area contributed by atoms with Crippen LogP contribution in [0.1, 0.15) is 34.2 Å². The summed E-state index contributed by atoms with van der Waals surface area (Å²) in [7, 11) is 1.50. The van der Waals surface area contributed by atoms with Crippen molar-refractivity contribution in [1.82, 2.24) is 4.98 Å². The predicted molar refractivity (Wildman–Crippen MR) is 113 cm³/mol. The van der Waals surface area contributed by atoms with Crippen molar-refractivity contribution in [3.8, 4) is 0 Å². The van der Waals surface area contributed by atoms with Crippen molar-refractivity contribution in [2.45, 2.75) is 12.0 Å². The van der Waals surface area contributed by atoms with E-state index in [4.69, 9.17) is 5.41 Å². The van der Waals surface area contributed by atoms with Crippen molar-refractivity contribution >= 4 is 17.5 Å². The van der Waals surface area contributed by atoms with Crippen molar-refractivity contribution in [2.24, 2.45) is 5.73 Å². The Morgan fingerprint density at radius 3 is 2.33 bits per heavy atom. The zero-order valence-electron chi connectivity index (χ0n) is 15.4. The number of fused-ring (bicyclic) bond motifs is 1. The van der Waals surface area contributed by atoms with Crippen LogP contribution < -0.4 is 11.1 Å². The van der Waals surface area contributed by atoms with Crippen LogP contribution in [0.4, 0.5) is 5.69 Å². The van der Waals surface area contributed by atoms with Gasteiger partial charge in [0.25, 0.3) is 0 Å². The van der Waals surface area contributed by atoms with E-state index in [-0.39, 0.29) is 12.0 Å². The maximum atomic E-state index is 8.99. The van der Waals surface area contributed by atoms with Crippen molar-refractivity contribution in [3.63, 3.8) is 0 Å². The van der Waals surface area contributed by atoms with E-state index in [9.17, 15) is 0 Å². The van der Waals surface area contributed by atoms with Crippen LogP contribution in [0.15, 0.2) is 79.6 Å². The molecule has 0 amide bonds. The lowest BCUT2D eigenvalue weighted by atomic mass is 9.77. The lowest BCUT2D eigenvalue weighted by Gasteiger charge is -2.36. The minimum absolute atomic E-state index is 0.00883. The average Bonchev–Trinajstić information content (AvgIpc) is 2.75. The molecule has 0 radical (unpaired) electrons. The molecule has 4 nitrogen and oxygen atoms in total. The van der Waals surface area contributed by atoms with Crippen molar-refractivity contribution in [2.75, 3.05) is 12.4 Å². The van der Waals surface area contributed by atoms with Gasteiger partial charge in [-0.05, 0) is 41.9 Å². The number of nitrogens with zero attached hydrogens (tertiary/aromatic N) is 1. The largest absolute Gasteiger partial charge is 0.377 e. The Labute approximate surface area is 160 Å². The molecule has 4 rings (SSSR count). The molecule has 2 unspecified atom stereocenters. The van der Waals surface area contributed by atoms with Crippen molar-refractivity contribution in [3.05, 3.63) is 102 Å². The van der Waals surface area contributed by atoms with Gasteiger partial charge in [-0.2, -0.15) is 0 Å². The lowest BCUT2D eigenvalue weighted by Crippen LogP contribution is -2.32. The highest BCUT2D eigenvalue weighted by Crippen LogP contribution is 2.43. The molecule has 0 fully saturated rings. The summed E-state index contributed by atoms with van der Waals surface area (Å²) in [5.74, 6) is -0.0720. The third-order valence-electron chi connectivity index (χ3n) is 4.77. The van der Waals surface area contributed by atoms with Gasteiger partial charge in [0.1, 0.15) is 0 Å². The zero-order valence-corrected chi connectivity index (χ0v) is 15.4. The Morgan fingerprint density at radius 1 is 0.963 bits per heavy atom. The van der Waals surface area contributed by atoms with Crippen LogP contribution in [-0.2, 0) is 0 Å². The fraction of sp³-hybridized carbons (Fsp3) is 0.130. The molecule has 1 aromatic heterocycles. The first kappa shape index (κ1) is 18.5. The van der Waals surface area contributed by atoms with Crippen molar-refractivity contribution < 1.29 is 0 Å². The Kier molecular flexibility index (Phi) is 5.79. The van der Waals surface area contributed by atoms with E-state index in [2.05, 4.69) is 34.7 Å². The molecular weight excluding hydrogens is 332 g/mol. The Bertz CT molecular complexity index is 920. The van der Waals surface area contributed by atoms with Crippen LogP contribution in [-0.4, -0.2) is 17.7 Å². The summed E-state index contributed by atoms with van der Waals surface area (Å²) in [6.45, 7) is 3.92.